The van der Waals surface area contributed by atoms with Crippen molar-refractivity contribution in [3.05, 3.63) is 48.5 Å². The van der Waals surface area contributed by atoms with Gasteiger partial charge in [0.05, 0.1) is 17.6 Å². The summed E-state index contributed by atoms with van der Waals surface area (Å²) in [6.07, 6.45) is 5.66. The Hall–Kier alpha value is -2.80. The molecule has 2 heterocycles. The van der Waals surface area contributed by atoms with Gasteiger partial charge in [-0.05, 0) is 69.7 Å². The predicted octanol–water partition coefficient (Wildman–Crippen LogP) is 4.60. The molecular weight excluding hydrogens is 367 g/mol. The van der Waals surface area contributed by atoms with E-state index in [1.54, 1.807) is 24.5 Å². The lowest BCUT2D eigenvalue weighted by atomic mass is 10.1. The molecular formula is C22H29FN6. The SMILES string of the molecule is CCN(CC)CCCC(C)Nc1nccc(-c2cn[nH]c2-c2ccc(F)cc2)n1. The van der Waals surface area contributed by atoms with Crippen LogP contribution in [0.3, 0.4) is 0 Å². The molecule has 0 radical (unpaired) electrons. The zero-order valence-corrected chi connectivity index (χ0v) is 17.3. The molecule has 7 heteroatoms. The van der Waals surface area contributed by atoms with Gasteiger partial charge in [0.25, 0.3) is 0 Å². The number of H-pyrrole nitrogens is 1. The number of aromatic amines is 1. The van der Waals surface area contributed by atoms with Crippen molar-refractivity contribution < 1.29 is 4.39 Å². The Bertz CT molecular complexity index is 888. The molecule has 0 saturated heterocycles. The highest BCUT2D eigenvalue weighted by molar-refractivity contribution is 5.78. The molecule has 0 bridgehead atoms. The van der Waals surface area contributed by atoms with E-state index in [9.17, 15) is 4.39 Å². The fourth-order valence-corrected chi connectivity index (χ4v) is 3.35. The first kappa shape index (κ1) is 20.9. The van der Waals surface area contributed by atoms with Crippen LogP contribution in [0.5, 0.6) is 0 Å². The second-order valence-corrected chi connectivity index (χ2v) is 7.15. The third-order valence-corrected chi connectivity index (χ3v) is 5.09. The summed E-state index contributed by atoms with van der Waals surface area (Å²) in [6.45, 7) is 9.83. The number of aromatic nitrogens is 4. The maximum absolute atomic E-state index is 13.2. The van der Waals surface area contributed by atoms with E-state index in [0.29, 0.717) is 5.95 Å². The van der Waals surface area contributed by atoms with Crippen LogP contribution in [-0.2, 0) is 0 Å². The number of halogens is 1. The molecule has 1 aromatic carbocycles. The molecule has 6 nitrogen and oxygen atoms in total. The lowest BCUT2D eigenvalue weighted by Gasteiger charge is -2.19. The number of benzene rings is 1. The third kappa shape index (κ3) is 5.60. The average molecular weight is 397 g/mol. The van der Waals surface area contributed by atoms with E-state index >= 15 is 0 Å². The monoisotopic (exact) mass is 396 g/mol. The molecule has 29 heavy (non-hydrogen) atoms. The Balaban J connectivity index is 1.68. The zero-order chi connectivity index (χ0) is 20.6. The fourth-order valence-electron chi connectivity index (χ4n) is 3.35. The molecule has 3 rings (SSSR count). The lowest BCUT2D eigenvalue weighted by molar-refractivity contribution is 0.295. The zero-order valence-electron chi connectivity index (χ0n) is 17.3. The van der Waals surface area contributed by atoms with Crippen molar-refractivity contribution >= 4 is 5.95 Å². The Morgan fingerprint density at radius 1 is 1.14 bits per heavy atom. The second-order valence-electron chi connectivity index (χ2n) is 7.15. The van der Waals surface area contributed by atoms with Gasteiger partial charge in [0, 0.05) is 23.4 Å². The van der Waals surface area contributed by atoms with Gasteiger partial charge in [0.1, 0.15) is 5.82 Å². The molecule has 3 aromatic rings. The average Bonchev–Trinajstić information content (AvgIpc) is 3.22. The summed E-state index contributed by atoms with van der Waals surface area (Å²) in [4.78, 5) is 11.5. The van der Waals surface area contributed by atoms with Gasteiger partial charge in [0.15, 0.2) is 0 Å². The Kier molecular flexibility index (Phi) is 7.30. The molecule has 0 aliphatic rings. The maximum atomic E-state index is 13.2. The molecule has 0 aliphatic carbocycles. The lowest BCUT2D eigenvalue weighted by Crippen LogP contribution is -2.26. The van der Waals surface area contributed by atoms with Gasteiger partial charge < -0.3 is 10.2 Å². The number of anilines is 1. The van der Waals surface area contributed by atoms with Crippen LogP contribution in [0.1, 0.15) is 33.6 Å². The quantitative estimate of drug-likeness (QED) is 0.524. The number of hydrogen-bond donors (Lipinski definition) is 2. The summed E-state index contributed by atoms with van der Waals surface area (Å²) >= 11 is 0. The van der Waals surface area contributed by atoms with E-state index in [4.69, 9.17) is 0 Å². The summed E-state index contributed by atoms with van der Waals surface area (Å²) < 4.78 is 13.2. The summed E-state index contributed by atoms with van der Waals surface area (Å²) in [5, 5.41) is 10.5. The number of nitrogens with zero attached hydrogens (tertiary/aromatic N) is 4. The van der Waals surface area contributed by atoms with Gasteiger partial charge >= 0.3 is 0 Å². The molecule has 2 aromatic heterocycles. The van der Waals surface area contributed by atoms with Crippen molar-refractivity contribution in [3.63, 3.8) is 0 Å². The molecule has 1 unspecified atom stereocenters. The van der Waals surface area contributed by atoms with Gasteiger partial charge in [-0.25, -0.2) is 14.4 Å². The smallest absolute Gasteiger partial charge is 0.223 e. The summed E-state index contributed by atoms with van der Waals surface area (Å²) in [6, 6.07) is 8.46. The summed E-state index contributed by atoms with van der Waals surface area (Å²) in [5.74, 6) is 0.336. The van der Waals surface area contributed by atoms with Crippen LogP contribution in [0.4, 0.5) is 10.3 Å². The molecule has 0 fully saturated rings. The second kappa shape index (κ2) is 10.1. The van der Waals surface area contributed by atoms with Gasteiger partial charge in [-0.3, -0.25) is 5.10 Å². The van der Waals surface area contributed by atoms with Crippen molar-refractivity contribution in [3.8, 4) is 22.5 Å². The van der Waals surface area contributed by atoms with Crippen LogP contribution in [0.2, 0.25) is 0 Å². The van der Waals surface area contributed by atoms with E-state index in [-0.39, 0.29) is 11.9 Å². The van der Waals surface area contributed by atoms with Crippen LogP contribution in [0.25, 0.3) is 22.5 Å². The standard InChI is InChI=1S/C22H29FN6/c1-4-29(5-2)14-6-7-16(3)26-22-24-13-12-20(27-22)19-15-25-28-21(19)17-8-10-18(23)11-9-17/h8-13,15-16H,4-7,14H2,1-3H3,(H,25,28)(H,24,26,27). The summed E-state index contributed by atoms with van der Waals surface area (Å²) in [5.41, 5.74) is 3.29. The highest BCUT2D eigenvalue weighted by atomic mass is 19.1. The first-order valence-electron chi connectivity index (χ1n) is 10.2. The van der Waals surface area contributed by atoms with E-state index in [2.05, 4.69) is 51.2 Å². The molecule has 0 spiro atoms. The molecule has 0 saturated carbocycles. The minimum absolute atomic E-state index is 0.265. The van der Waals surface area contributed by atoms with Crippen LogP contribution >= 0.6 is 0 Å². The van der Waals surface area contributed by atoms with Crippen LogP contribution in [-0.4, -0.2) is 50.7 Å². The van der Waals surface area contributed by atoms with E-state index < -0.39 is 0 Å². The van der Waals surface area contributed by atoms with Crippen LogP contribution in [0.15, 0.2) is 42.7 Å². The maximum Gasteiger partial charge on any atom is 0.223 e. The van der Waals surface area contributed by atoms with Gasteiger partial charge in [-0.15, -0.1) is 0 Å². The molecule has 154 valence electrons. The van der Waals surface area contributed by atoms with E-state index in [1.165, 1.54) is 12.1 Å². The highest BCUT2D eigenvalue weighted by Crippen LogP contribution is 2.29. The van der Waals surface area contributed by atoms with Crippen molar-refractivity contribution in [1.82, 2.24) is 25.1 Å². The fraction of sp³-hybridized carbons (Fsp3) is 0.409. The first-order valence-corrected chi connectivity index (χ1v) is 10.2. The highest BCUT2D eigenvalue weighted by Gasteiger charge is 2.13. The van der Waals surface area contributed by atoms with Crippen LogP contribution < -0.4 is 5.32 Å². The number of hydrogen-bond acceptors (Lipinski definition) is 5. The van der Waals surface area contributed by atoms with Gasteiger partial charge in [0.2, 0.25) is 5.95 Å². The molecule has 2 N–H and O–H groups in total. The first-order chi connectivity index (χ1) is 14.1. The predicted molar refractivity (Wildman–Crippen MR) is 115 cm³/mol. The Morgan fingerprint density at radius 2 is 1.90 bits per heavy atom. The van der Waals surface area contributed by atoms with E-state index in [0.717, 1.165) is 55.0 Å². The third-order valence-electron chi connectivity index (χ3n) is 5.09. The number of nitrogens with one attached hydrogen (secondary N) is 2. The van der Waals surface area contributed by atoms with Crippen molar-refractivity contribution in [1.29, 1.82) is 0 Å². The Morgan fingerprint density at radius 3 is 2.62 bits per heavy atom. The minimum Gasteiger partial charge on any atom is -0.352 e. The minimum atomic E-state index is -0.265. The molecule has 0 amide bonds. The normalized spacial score (nSPS) is 12.3. The molecule has 1 atom stereocenters. The largest absolute Gasteiger partial charge is 0.352 e. The van der Waals surface area contributed by atoms with Crippen LogP contribution in [0, 0.1) is 5.82 Å². The molecule has 0 aliphatic heterocycles. The van der Waals surface area contributed by atoms with Gasteiger partial charge in [-0.1, -0.05) is 13.8 Å². The van der Waals surface area contributed by atoms with E-state index in [1.807, 2.05) is 6.07 Å². The van der Waals surface area contributed by atoms with Gasteiger partial charge in [-0.2, -0.15) is 5.10 Å². The summed E-state index contributed by atoms with van der Waals surface area (Å²) in [7, 11) is 0. The Labute approximate surface area is 171 Å². The van der Waals surface area contributed by atoms with Crippen molar-refractivity contribution in [2.45, 2.75) is 39.7 Å². The van der Waals surface area contributed by atoms with Crippen molar-refractivity contribution in [2.24, 2.45) is 0 Å². The number of rotatable bonds is 10. The topological polar surface area (TPSA) is 69.7 Å². The van der Waals surface area contributed by atoms with Crippen molar-refractivity contribution in [2.75, 3.05) is 25.0 Å².